The summed E-state index contributed by atoms with van der Waals surface area (Å²) in [5, 5.41) is 0.368. The van der Waals surface area contributed by atoms with Gasteiger partial charge in [0.1, 0.15) is 17.2 Å². The van der Waals surface area contributed by atoms with E-state index in [2.05, 4.69) is 0 Å². The summed E-state index contributed by atoms with van der Waals surface area (Å²) in [6.45, 7) is 0. The molecule has 0 heterocycles. The summed E-state index contributed by atoms with van der Waals surface area (Å²) in [7, 11) is 0. The molecule has 3 amide bonds. The van der Waals surface area contributed by atoms with Gasteiger partial charge in [-0.15, -0.1) is 0 Å². The number of carbonyl (C=O) groups excluding carboxylic acids is 2. The number of urea groups is 1. The highest BCUT2D eigenvalue weighted by molar-refractivity contribution is 6.30. The number of hydrogen-bond acceptors (Lipinski definition) is 2. The predicted octanol–water partition coefficient (Wildman–Crippen LogP) is 3.34. The largest absolute Gasteiger partial charge is 0.351 e. The van der Waals surface area contributed by atoms with Gasteiger partial charge in [0.05, 0.1) is 5.69 Å². The first-order valence-corrected chi connectivity index (χ1v) is 6.13. The van der Waals surface area contributed by atoms with Crippen LogP contribution in [0.15, 0.2) is 42.5 Å². The van der Waals surface area contributed by atoms with Crippen molar-refractivity contribution in [3.05, 3.63) is 64.7 Å². The molecule has 0 spiro atoms. The summed E-state index contributed by atoms with van der Waals surface area (Å²) in [5.41, 5.74) is 4.33. The normalized spacial score (nSPS) is 10.2. The monoisotopic (exact) mass is 310 g/mol. The third-order valence-corrected chi connectivity index (χ3v) is 2.94. The Labute approximate surface area is 123 Å². The minimum absolute atomic E-state index is 0.0551. The van der Waals surface area contributed by atoms with Gasteiger partial charge in [-0.2, -0.15) is 0 Å². The molecule has 0 aromatic heterocycles. The van der Waals surface area contributed by atoms with Crippen LogP contribution in [0, 0.1) is 11.6 Å². The Hall–Kier alpha value is -2.47. The Morgan fingerprint density at radius 3 is 2.00 bits per heavy atom. The van der Waals surface area contributed by atoms with Gasteiger partial charge in [0.15, 0.2) is 0 Å². The topological polar surface area (TPSA) is 63.4 Å². The third kappa shape index (κ3) is 3.00. The molecule has 0 aliphatic carbocycles. The molecule has 0 saturated heterocycles. The summed E-state index contributed by atoms with van der Waals surface area (Å²) >= 11 is 5.70. The van der Waals surface area contributed by atoms with E-state index in [1.165, 1.54) is 24.3 Å². The van der Waals surface area contributed by atoms with Crippen molar-refractivity contribution in [1.29, 1.82) is 0 Å². The predicted molar refractivity (Wildman–Crippen MR) is 74.2 cm³/mol. The number of primary amides is 1. The third-order valence-electron chi connectivity index (χ3n) is 2.68. The number of imide groups is 1. The van der Waals surface area contributed by atoms with Crippen molar-refractivity contribution < 1.29 is 18.4 Å². The fourth-order valence-electron chi connectivity index (χ4n) is 1.75. The molecule has 4 nitrogen and oxygen atoms in total. The van der Waals surface area contributed by atoms with Gasteiger partial charge in [-0.1, -0.05) is 17.7 Å². The lowest BCUT2D eigenvalue weighted by Gasteiger charge is -2.19. The second-order valence-electron chi connectivity index (χ2n) is 4.05. The molecular formula is C14H9ClF2N2O2. The molecule has 0 aliphatic heterocycles. The van der Waals surface area contributed by atoms with Crippen LogP contribution in [0.4, 0.5) is 19.3 Å². The number of carbonyl (C=O) groups is 2. The van der Waals surface area contributed by atoms with Crippen LogP contribution in [0.2, 0.25) is 5.02 Å². The quantitative estimate of drug-likeness (QED) is 0.924. The maximum absolute atomic E-state index is 13.6. The van der Waals surface area contributed by atoms with E-state index in [-0.39, 0.29) is 5.69 Å². The van der Waals surface area contributed by atoms with Crippen molar-refractivity contribution >= 4 is 29.2 Å². The first kappa shape index (κ1) is 14.9. The van der Waals surface area contributed by atoms with Crippen molar-refractivity contribution in [2.45, 2.75) is 0 Å². The fraction of sp³-hybridized carbons (Fsp3) is 0. The highest BCUT2D eigenvalue weighted by Crippen LogP contribution is 2.22. The number of halogens is 3. The van der Waals surface area contributed by atoms with E-state index in [9.17, 15) is 18.4 Å². The van der Waals surface area contributed by atoms with E-state index in [1.807, 2.05) is 0 Å². The molecule has 0 aliphatic rings. The zero-order valence-corrected chi connectivity index (χ0v) is 11.3. The summed E-state index contributed by atoms with van der Waals surface area (Å²) in [6, 6.07) is 7.28. The molecule has 2 N–H and O–H groups in total. The van der Waals surface area contributed by atoms with Crippen molar-refractivity contribution in [2.24, 2.45) is 5.73 Å². The van der Waals surface area contributed by atoms with Crippen molar-refractivity contribution in [2.75, 3.05) is 4.90 Å². The number of anilines is 1. The summed E-state index contributed by atoms with van der Waals surface area (Å²) < 4.78 is 27.3. The van der Waals surface area contributed by atoms with E-state index in [1.54, 1.807) is 0 Å². The van der Waals surface area contributed by atoms with Crippen LogP contribution in [-0.4, -0.2) is 11.9 Å². The van der Waals surface area contributed by atoms with Crippen molar-refractivity contribution in [3.63, 3.8) is 0 Å². The maximum Gasteiger partial charge on any atom is 0.326 e. The van der Waals surface area contributed by atoms with E-state index in [4.69, 9.17) is 17.3 Å². The number of nitrogens with two attached hydrogens (primary N) is 1. The SMILES string of the molecule is NC(=O)N(C(=O)c1c(F)cccc1F)c1ccc(Cl)cc1. The lowest BCUT2D eigenvalue weighted by Crippen LogP contribution is -2.41. The first-order valence-electron chi connectivity index (χ1n) is 5.75. The molecule has 0 unspecified atom stereocenters. The lowest BCUT2D eigenvalue weighted by atomic mass is 10.1. The van der Waals surface area contributed by atoms with E-state index >= 15 is 0 Å². The Morgan fingerprint density at radius 2 is 1.52 bits per heavy atom. The highest BCUT2D eigenvalue weighted by atomic mass is 35.5. The average Bonchev–Trinajstić information content (AvgIpc) is 2.40. The van der Waals surface area contributed by atoms with Gasteiger partial charge in [0.25, 0.3) is 5.91 Å². The van der Waals surface area contributed by atoms with Crippen LogP contribution in [0.3, 0.4) is 0 Å². The molecule has 2 rings (SSSR count). The lowest BCUT2D eigenvalue weighted by molar-refractivity contribution is 0.0987. The van der Waals surface area contributed by atoms with Gasteiger partial charge < -0.3 is 5.73 Å². The van der Waals surface area contributed by atoms with Crippen molar-refractivity contribution in [1.82, 2.24) is 0 Å². The number of amides is 3. The summed E-state index contributed by atoms with van der Waals surface area (Å²) in [6.07, 6.45) is 0. The molecule has 108 valence electrons. The summed E-state index contributed by atoms with van der Waals surface area (Å²) in [4.78, 5) is 24.2. The minimum Gasteiger partial charge on any atom is -0.351 e. The van der Waals surface area contributed by atoms with E-state index in [0.717, 1.165) is 18.2 Å². The average molecular weight is 311 g/mol. The number of rotatable bonds is 2. The molecular weight excluding hydrogens is 302 g/mol. The number of nitrogens with zero attached hydrogens (tertiary/aromatic N) is 1. The highest BCUT2D eigenvalue weighted by Gasteiger charge is 2.27. The van der Waals surface area contributed by atoms with Gasteiger partial charge in [-0.05, 0) is 36.4 Å². The number of hydrogen-bond donors (Lipinski definition) is 1. The fourth-order valence-corrected chi connectivity index (χ4v) is 1.87. The maximum atomic E-state index is 13.6. The van der Waals surface area contributed by atoms with Gasteiger partial charge in [-0.25, -0.2) is 18.5 Å². The Balaban J connectivity index is 2.51. The van der Waals surface area contributed by atoms with Crippen LogP contribution < -0.4 is 10.6 Å². The van der Waals surface area contributed by atoms with Crippen LogP contribution in [0.1, 0.15) is 10.4 Å². The van der Waals surface area contributed by atoms with Gasteiger partial charge in [0.2, 0.25) is 0 Å². The van der Waals surface area contributed by atoms with Gasteiger partial charge >= 0.3 is 6.03 Å². The van der Waals surface area contributed by atoms with Crippen LogP contribution in [0.5, 0.6) is 0 Å². The van der Waals surface area contributed by atoms with E-state index in [0.29, 0.717) is 9.92 Å². The van der Waals surface area contributed by atoms with E-state index < -0.39 is 29.1 Å². The van der Waals surface area contributed by atoms with Crippen LogP contribution >= 0.6 is 11.6 Å². The second-order valence-corrected chi connectivity index (χ2v) is 4.49. The van der Waals surface area contributed by atoms with Gasteiger partial charge in [-0.3, -0.25) is 4.79 Å². The Bertz CT molecular complexity index is 684. The molecule has 0 fully saturated rings. The summed E-state index contributed by atoms with van der Waals surface area (Å²) in [5.74, 6) is -3.36. The van der Waals surface area contributed by atoms with Crippen LogP contribution in [-0.2, 0) is 0 Å². The Morgan fingerprint density at radius 1 is 1.00 bits per heavy atom. The van der Waals surface area contributed by atoms with Gasteiger partial charge in [0, 0.05) is 5.02 Å². The minimum atomic E-state index is -1.19. The standard InChI is InChI=1S/C14H9ClF2N2O2/c15-8-4-6-9(7-5-8)19(14(18)21)13(20)12-10(16)2-1-3-11(12)17/h1-7H,(H2,18,21). The molecule has 0 bridgehead atoms. The molecule has 0 saturated carbocycles. The molecule has 2 aromatic rings. The molecule has 2 aromatic carbocycles. The zero-order valence-electron chi connectivity index (χ0n) is 10.5. The zero-order chi connectivity index (χ0) is 15.6. The van der Waals surface area contributed by atoms with Crippen LogP contribution in [0.25, 0.3) is 0 Å². The van der Waals surface area contributed by atoms with Crippen molar-refractivity contribution in [3.8, 4) is 0 Å². The molecule has 7 heteroatoms. The number of benzene rings is 2. The second kappa shape index (κ2) is 5.88. The molecule has 21 heavy (non-hydrogen) atoms. The Kier molecular flexibility index (Phi) is 4.18. The first-order chi connectivity index (χ1) is 9.91. The smallest absolute Gasteiger partial charge is 0.326 e. The molecule has 0 atom stereocenters. The molecule has 0 radical (unpaired) electrons.